The number of aromatic nitrogens is 4. The Kier molecular flexibility index (Phi) is 5.42. The van der Waals surface area contributed by atoms with E-state index < -0.39 is 0 Å². The summed E-state index contributed by atoms with van der Waals surface area (Å²) in [5.41, 5.74) is 4.18. The number of aryl methyl sites for hydroxylation is 2. The first-order chi connectivity index (χ1) is 15.1. The first-order valence-corrected chi connectivity index (χ1v) is 11.5. The zero-order valence-electron chi connectivity index (χ0n) is 18.6. The number of hydrogen-bond acceptors (Lipinski definition) is 6. The molecule has 31 heavy (non-hydrogen) atoms. The number of nitrogens with zero attached hydrogens (tertiary/aromatic N) is 4. The second-order valence-electron chi connectivity index (χ2n) is 8.95. The van der Waals surface area contributed by atoms with E-state index in [1.807, 2.05) is 23.9 Å². The largest absolute Gasteiger partial charge is 0.454 e. The molecule has 7 heteroatoms. The summed E-state index contributed by atoms with van der Waals surface area (Å²) in [6.45, 7) is 5.47. The molecule has 7 nitrogen and oxygen atoms in total. The fourth-order valence-corrected chi connectivity index (χ4v) is 4.72. The molecule has 0 unspecified atom stereocenters. The van der Waals surface area contributed by atoms with Crippen molar-refractivity contribution in [2.24, 2.45) is 13.0 Å². The van der Waals surface area contributed by atoms with Crippen LogP contribution in [-0.2, 0) is 20.0 Å². The fraction of sp³-hybridized carbons (Fsp3) is 0.542. The number of rotatable bonds is 6. The summed E-state index contributed by atoms with van der Waals surface area (Å²) in [6, 6.07) is 6.06. The number of benzene rings is 1. The predicted molar refractivity (Wildman–Crippen MR) is 121 cm³/mol. The van der Waals surface area contributed by atoms with E-state index in [4.69, 9.17) is 24.5 Å². The maximum Gasteiger partial charge on any atom is 0.231 e. The summed E-state index contributed by atoms with van der Waals surface area (Å²) < 4.78 is 12.9. The normalized spacial score (nSPS) is 20.4. The van der Waals surface area contributed by atoms with Gasteiger partial charge in [-0.25, -0.2) is 9.97 Å². The Morgan fingerprint density at radius 2 is 1.90 bits per heavy atom. The molecule has 3 aromatic rings. The maximum atomic E-state index is 5.53. The minimum Gasteiger partial charge on any atom is -0.454 e. The fourth-order valence-electron chi connectivity index (χ4n) is 4.72. The van der Waals surface area contributed by atoms with Crippen LogP contribution in [-0.4, -0.2) is 26.5 Å². The second-order valence-corrected chi connectivity index (χ2v) is 8.95. The van der Waals surface area contributed by atoms with Crippen LogP contribution in [0.5, 0.6) is 11.5 Å². The summed E-state index contributed by atoms with van der Waals surface area (Å²) in [6.07, 6.45) is 6.81. The Bertz CT molecular complexity index is 1090. The van der Waals surface area contributed by atoms with Crippen LogP contribution in [0.4, 0.5) is 5.82 Å². The van der Waals surface area contributed by atoms with Gasteiger partial charge in [0.05, 0.1) is 5.69 Å². The number of anilines is 1. The van der Waals surface area contributed by atoms with Crippen LogP contribution in [0.2, 0.25) is 0 Å². The van der Waals surface area contributed by atoms with Crippen LogP contribution < -0.4 is 14.8 Å². The van der Waals surface area contributed by atoms with Crippen molar-refractivity contribution in [1.29, 1.82) is 0 Å². The second kappa shape index (κ2) is 8.36. The van der Waals surface area contributed by atoms with Gasteiger partial charge in [-0.1, -0.05) is 39.2 Å². The van der Waals surface area contributed by atoms with Gasteiger partial charge in [0.2, 0.25) is 6.79 Å². The van der Waals surface area contributed by atoms with Gasteiger partial charge in [-0.3, -0.25) is 4.68 Å². The third kappa shape index (κ3) is 3.93. The summed E-state index contributed by atoms with van der Waals surface area (Å²) >= 11 is 0. The van der Waals surface area contributed by atoms with E-state index in [0.29, 0.717) is 12.5 Å². The minimum absolute atomic E-state index is 0.289. The van der Waals surface area contributed by atoms with E-state index in [1.165, 1.54) is 12.8 Å². The Morgan fingerprint density at radius 1 is 1.10 bits per heavy atom. The van der Waals surface area contributed by atoms with E-state index in [2.05, 4.69) is 25.2 Å². The van der Waals surface area contributed by atoms with Crippen molar-refractivity contribution in [2.75, 3.05) is 12.1 Å². The van der Waals surface area contributed by atoms with Crippen molar-refractivity contribution >= 4 is 16.9 Å². The van der Waals surface area contributed by atoms with E-state index in [1.54, 1.807) is 0 Å². The monoisotopic (exact) mass is 421 g/mol. The quantitative estimate of drug-likeness (QED) is 0.607. The Morgan fingerprint density at radius 3 is 2.71 bits per heavy atom. The molecule has 3 heterocycles. The molecule has 5 rings (SSSR count). The van der Waals surface area contributed by atoms with Gasteiger partial charge in [-0.05, 0) is 42.9 Å². The van der Waals surface area contributed by atoms with Crippen LogP contribution >= 0.6 is 0 Å². The molecule has 0 amide bonds. The molecule has 2 aliphatic rings. The van der Waals surface area contributed by atoms with E-state index in [0.717, 1.165) is 77.0 Å². The molecule has 1 aliphatic heterocycles. The molecule has 1 N–H and O–H groups in total. The standard InChI is InChI=1S/C24H31N5O2/c1-4-5-18-21-22(29(3)28-18)24(27-23(26-21)17-9-6-15(2)7-10-17)25-13-16-8-11-19-20(12-16)31-14-30-19/h8,11-12,15,17H,4-7,9-10,13-14H2,1-3H3,(H,25,26,27). The Balaban J connectivity index is 1.49. The van der Waals surface area contributed by atoms with Crippen molar-refractivity contribution in [3.63, 3.8) is 0 Å². The van der Waals surface area contributed by atoms with Crippen molar-refractivity contribution < 1.29 is 9.47 Å². The summed E-state index contributed by atoms with van der Waals surface area (Å²) in [4.78, 5) is 10.1. The average Bonchev–Trinajstić information content (AvgIpc) is 3.37. The highest BCUT2D eigenvalue weighted by Crippen LogP contribution is 2.36. The highest BCUT2D eigenvalue weighted by molar-refractivity contribution is 5.87. The maximum absolute atomic E-state index is 5.53. The molecule has 1 aromatic carbocycles. The summed E-state index contributed by atoms with van der Waals surface area (Å²) in [5.74, 6) is 4.68. The van der Waals surface area contributed by atoms with Crippen LogP contribution in [0, 0.1) is 5.92 Å². The molecular weight excluding hydrogens is 390 g/mol. The van der Waals surface area contributed by atoms with Crippen LogP contribution in [0.1, 0.15) is 69.0 Å². The summed E-state index contributed by atoms with van der Waals surface area (Å²) in [5, 5.41) is 8.35. The topological polar surface area (TPSA) is 74.1 Å². The molecular formula is C24H31N5O2. The number of fused-ring (bicyclic) bond motifs is 2. The highest BCUT2D eigenvalue weighted by atomic mass is 16.7. The zero-order valence-corrected chi connectivity index (χ0v) is 18.6. The Hall–Kier alpha value is -2.83. The smallest absolute Gasteiger partial charge is 0.231 e. The lowest BCUT2D eigenvalue weighted by molar-refractivity contribution is 0.174. The van der Waals surface area contributed by atoms with Gasteiger partial charge in [0.1, 0.15) is 16.9 Å². The molecule has 0 saturated heterocycles. The molecule has 0 radical (unpaired) electrons. The zero-order chi connectivity index (χ0) is 21.4. The van der Waals surface area contributed by atoms with Gasteiger partial charge in [0.15, 0.2) is 17.3 Å². The van der Waals surface area contributed by atoms with Crippen LogP contribution in [0.3, 0.4) is 0 Å². The lowest BCUT2D eigenvalue weighted by Crippen LogP contribution is -2.15. The highest BCUT2D eigenvalue weighted by Gasteiger charge is 2.25. The van der Waals surface area contributed by atoms with Gasteiger partial charge >= 0.3 is 0 Å². The number of ether oxygens (including phenoxy) is 2. The van der Waals surface area contributed by atoms with Crippen LogP contribution in [0.15, 0.2) is 18.2 Å². The lowest BCUT2D eigenvalue weighted by atomic mass is 9.82. The number of nitrogens with one attached hydrogen (secondary N) is 1. The molecule has 0 bridgehead atoms. The molecule has 1 fully saturated rings. The molecule has 1 aliphatic carbocycles. The van der Waals surface area contributed by atoms with Gasteiger partial charge < -0.3 is 14.8 Å². The molecule has 0 spiro atoms. The minimum atomic E-state index is 0.289. The van der Waals surface area contributed by atoms with Gasteiger partial charge in [0.25, 0.3) is 0 Å². The first kappa shape index (κ1) is 20.1. The van der Waals surface area contributed by atoms with Crippen molar-refractivity contribution in [1.82, 2.24) is 19.7 Å². The van der Waals surface area contributed by atoms with Gasteiger partial charge in [-0.2, -0.15) is 5.10 Å². The van der Waals surface area contributed by atoms with Crippen molar-refractivity contribution in [3.8, 4) is 11.5 Å². The summed E-state index contributed by atoms with van der Waals surface area (Å²) in [7, 11) is 1.98. The van der Waals surface area contributed by atoms with Gasteiger partial charge in [0, 0.05) is 19.5 Å². The van der Waals surface area contributed by atoms with Crippen LogP contribution in [0.25, 0.3) is 11.0 Å². The first-order valence-electron chi connectivity index (χ1n) is 11.5. The molecule has 1 saturated carbocycles. The molecule has 0 atom stereocenters. The van der Waals surface area contributed by atoms with Crippen molar-refractivity contribution in [3.05, 3.63) is 35.3 Å². The lowest BCUT2D eigenvalue weighted by Gasteiger charge is -2.25. The molecule has 164 valence electrons. The Labute approximate surface area is 183 Å². The average molecular weight is 422 g/mol. The third-order valence-corrected chi connectivity index (χ3v) is 6.53. The van der Waals surface area contributed by atoms with Crippen molar-refractivity contribution in [2.45, 2.75) is 64.8 Å². The van der Waals surface area contributed by atoms with Gasteiger partial charge in [-0.15, -0.1) is 0 Å². The van der Waals surface area contributed by atoms with E-state index >= 15 is 0 Å². The molecule has 2 aromatic heterocycles. The van der Waals surface area contributed by atoms with E-state index in [9.17, 15) is 0 Å². The SMILES string of the molecule is CCCc1nn(C)c2c(NCc3ccc4c(c3)OCO4)nc(C3CCC(C)CC3)nc12. The third-order valence-electron chi connectivity index (χ3n) is 6.53. The predicted octanol–water partition coefficient (Wildman–Crippen LogP) is 4.95. The number of hydrogen-bond donors (Lipinski definition) is 1. The van der Waals surface area contributed by atoms with E-state index in [-0.39, 0.29) is 6.79 Å².